The maximum absolute atomic E-state index is 11.2. The predicted octanol–water partition coefficient (Wildman–Crippen LogP) is 4.37. The molecule has 96 valence electrons. The molecule has 17 heavy (non-hydrogen) atoms. The molecule has 0 fully saturated rings. The zero-order valence-corrected chi connectivity index (χ0v) is 11.2. The third-order valence-corrected chi connectivity index (χ3v) is 1.82. The molecule has 0 saturated carbocycles. The first-order chi connectivity index (χ1) is 8.15. The molecule has 0 radical (unpaired) electrons. The molecular formula is C14H23NO2. The number of carbonyl (C=O) groups is 1. The van der Waals surface area contributed by atoms with E-state index in [1.165, 1.54) is 6.42 Å². The first kappa shape index (κ1) is 15.5. The number of anilines is 1. The average Bonchev–Trinajstić information content (AvgIpc) is 2.30. The molecule has 1 rings (SSSR count). The maximum atomic E-state index is 11.2. The summed E-state index contributed by atoms with van der Waals surface area (Å²) >= 11 is 0. The average molecular weight is 237 g/mol. The van der Waals surface area contributed by atoms with Gasteiger partial charge in [-0.3, -0.25) is 5.32 Å². The van der Waals surface area contributed by atoms with E-state index >= 15 is 0 Å². The van der Waals surface area contributed by atoms with Crippen LogP contribution in [0.3, 0.4) is 0 Å². The molecule has 1 amide bonds. The van der Waals surface area contributed by atoms with Crippen LogP contribution in [0.1, 0.15) is 39.2 Å². The summed E-state index contributed by atoms with van der Waals surface area (Å²) in [7, 11) is 0. The number of carbonyl (C=O) groups excluding carboxylic acids is 1. The van der Waals surface area contributed by atoms with E-state index in [4.69, 9.17) is 4.74 Å². The zero-order chi connectivity index (χ0) is 13.1. The van der Waals surface area contributed by atoms with E-state index in [0.717, 1.165) is 17.7 Å². The van der Waals surface area contributed by atoms with Gasteiger partial charge in [0.05, 0.1) is 6.61 Å². The summed E-state index contributed by atoms with van der Waals surface area (Å²) in [5, 5.41) is 2.68. The van der Waals surface area contributed by atoms with Crippen LogP contribution in [-0.4, -0.2) is 12.7 Å². The van der Waals surface area contributed by atoms with Gasteiger partial charge in [0, 0.05) is 5.69 Å². The van der Waals surface area contributed by atoms with Gasteiger partial charge in [0.2, 0.25) is 0 Å². The van der Waals surface area contributed by atoms with Gasteiger partial charge in [-0.15, -0.1) is 0 Å². The second kappa shape index (κ2) is 9.70. The third-order valence-electron chi connectivity index (χ3n) is 1.82. The predicted molar refractivity (Wildman–Crippen MR) is 72.4 cm³/mol. The molecule has 0 bridgehead atoms. The number of rotatable bonds is 3. The number of aryl methyl sites for hydroxylation is 1. The van der Waals surface area contributed by atoms with E-state index in [9.17, 15) is 4.79 Å². The van der Waals surface area contributed by atoms with Crippen molar-refractivity contribution in [1.29, 1.82) is 0 Å². The van der Waals surface area contributed by atoms with Crippen molar-refractivity contribution >= 4 is 11.8 Å². The van der Waals surface area contributed by atoms with E-state index in [1.54, 1.807) is 0 Å². The van der Waals surface area contributed by atoms with Crippen molar-refractivity contribution in [2.24, 2.45) is 0 Å². The quantitative estimate of drug-likeness (QED) is 0.847. The molecule has 0 spiro atoms. The van der Waals surface area contributed by atoms with Crippen LogP contribution in [0.25, 0.3) is 0 Å². The number of para-hydroxylation sites is 1. The molecule has 0 unspecified atom stereocenters. The lowest BCUT2D eigenvalue weighted by Gasteiger charge is -2.07. The van der Waals surface area contributed by atoms with Gasteiger partial charge in [-0.25, -0.2) is 4.79 Å². The minimum absolute atomic E-state index is 0.388. The largest absolute Gasteiger partial charge is 0.449 e. The fraction of sp³-hybridized carbons (Fsp3) is 0.500. The van der Waals surface area contributed by atoms with E-state index in [-0.39, 0.29) is 6.09 Å². The van der Waals surface area contributed by atoms with E-state index in [0.29, 0.717) is 6.61 Å². The fourth-order valence-corrected chi connectivity index (χ4v) is 1.05. The molecule has 0 aromatic heterocycles. The Morgan fingerprint density at radius 1 is 1.24 bits per heavy atom. The number of hydrogen-bond acceptors (Lipinski definition) is 2. The van der Waals surface area contributed by atoms with Gasteiger partial charge >= 0.3 is 6.09 Å². The number of amides is 1. The molecule has 0 aliphatic carbocycles. The molecule has 3 nitrogen and oxygen atoms in total. The van der Waals surface area contributed by atoms with Crippen molar-refractivity contribution in [2.45, 2.75) is 40.5 Å². The number of hydrogen-bond donors (Lipinski definition) is 1. The molecule has 1 N–H and O–H groups in total. The lowest BCUT2D eigenvalue weighted by molar-refractivity contribution is 0.161. The van der Waals surface area contributed by atoms with Gasteiger partial charge < -0.3 is 4.74 Å². The van der Waals surface area contributed by atoms with Crippen molar-refractivity contribution in [1.82, 2.24) is 0 Å². The van der Waals surface area contributed by atoms with Crippen molar-refractivity contribution in [3.8, 4) is 0 Å². The van der Waals surface area contributed by atoms with Gasteiger partial charge in [-0.05, 0) is 25.0 Å². The highest BCUT2D eigenvalue weighted by molar-refractivity contribution is 5.85. The molecule has 1 aromatic rings. The highest BCUT2D eigenvalue weighted by Crippen LogP contribution is 2.13. The normalized spacial score (nSPS) is 8.94. The van der Waals surface area contributed by atoms with Crippen molar-refractivity contribution in [2.75, 3.05) is 11.9 Å². The first-order valence-corrected chi connectivity index (χ1v) is 6.15. The summed E-state index contributed by atoms with van der Waals surface area (Å²) in [4.78, 5) is 11.2. The van der Waals surface area contributed by atoms with Gasteiger partial charge in [-0.1, -0.05) is 45.4 Å². The fourth-order valence-electron chi connectivity index (χ4n) is 1.05. The molecule has 0 aliphatic heterocycles. The SMILES string of the molecule is CCC.CCCOC(=O)Nc1ccccc1C. The van der Waals surface area contributed by atoms with Crippen LogP contribution in [0, 0.1) is 6.92 Å². The highest BCUT2D eigenvalue weighted by Gasteiger charge is 2.03. The van der Waals surface area contributed by atoms with E-state index in [2.05, 4.69) is 19.2 Å². The van der Waals surface area contributed by atoms with Crippen LogP contribution >= 0.6 is 0 Å². The summed E-state index contributed by atoms with van der Waals surface area (Å²) in [6.07, 6.45) is 1.70. The van der Waals surface area contributed by atoms with Crippen molar-refractivity contribution in [3.63, 3.8) is 0 Å². The molecule has 3 heteroatoms. The number of nitrogens with one attached hydrogen (secondary N) is 1. The second-order valence-corrected chi connectivity index (χ2v) is 3.78. The van der Waals surface area contributed by atoms with Gasteiger partial charge in [0.15, 0.2) is 0 Å². The maximum Gasteiger partial charge on any atom is 0.411 e. The summed E-state index contributed by atoms with van der Waals surface area (Å²) in [5.41, 5.74) is 1.83. The standard InChI is InChI=1S/C11H15NO2.C3H8/c1-3-8-14-11(13)12-10-7-5-4-6-9(10)2;1-3-2/h4-7H,3,8H2,1-2H3,(H,12,13);3H2,1-2H3. The summed E-state index contributed by atoms with van der Waals surface area (Å²) in [6, 6.07) is 7.60. The van der Waals surface area contributed by atoms with E-state index < -0.39 is 0 Å². The molecule has 0 saturated heterocycles. The van der Waals surface area contributed by atoms with E-state index in [1.807, 2.05) is 38.1 Å². The van der Waals surface area contributed by atoms with Crippen LogP contribution in [0.15, 0.2) is 24.3 Å². The molecule has 1 aromatic carbocycles. The van der Waals surface area contributed by atoms with Crippen molar-refractivity contribution < 1.29 is 9.53 Å². The van der Waals surface area contributed by atoms with Crippen LogP contribution in [0.2, 0.25) is 0 Å². The van der Waals surface area contributed by atoms with Gasteiger partial charge in [-0.2, -0.15) is 0 Å². The Labute approximate surface area is 104 Å². The lowest BCUT2D eigenvalue weighted by atomic mass is 10.2. The van der Waals surface area contributed by atoms with Crippen LogP contribution in [0.5, 0.6) is 0 Å². The second-order valence-electron chi connectivity index (χ2n) is 3.78. The Bertz CT molecular complexity index is 324. The molecule has 0 heterocycles. The Morgan fingerprint density at radius 2 is 1.82 bits per heavy atom. The summed E-state index contributed by atoms with van der Waals surface area (Å²) in [6.45, 7) is 8.61. The smallest absolute Gasteiger partial charge is 0.411 e. The van der Waals surface area contributed by atoms with Gasteiger partial charge in [0.25, 0.3) is 0 Å². The minimum atomic E-state index is -0.388. The van der Waals surface area contributed by atoms with Crippen molar-refractivity contribution in [3.05, 3.63) is 29.8 Å². The number of benzene rings is 1. The lowest BCUT2D eigenvalue weighted by Crippen LogP contribution is -2.14. The van der Waals surface area contributed by atoms with Crippen LogP contribution < -0.4 is 5.32 Å². The Hall–Kier alpha value is -1.51. The van der Waals surface area contributed by atoms with Gasteiger partial charge in [0.1, 0.15) is 0 Å². The summed E-state index contributed by atoms with van der Waals surface area (Å²) in [5.74, 6) is 0. The first-order valence-electron chi connectivity index (χ1n) is 6.15. The van der Waals surface area contributed by atoms with Crippen LogP contribution in [-0.2, 0) is 4.74 Å². The molecular weight excluding hydrogens is 214 g/mol. The Kier molecular flexibility index (Phi) is 8.84. The third kappa shape index (κ3) is 7.39. The minimum Gasteiger partial charge on any atom is -0.449 e. The monoisotopic (exact) mass is 237 g/mol. The highest BCUT2D eigenvalue weighted by atomic mass is 16.5. The Morgan fingerprint density at radius 3 is 2.35 bits per heavy atom. The molecule has 0 atom stereocenters. The van der Waals surface area contributed by atoms with Crippen LogP contribution in [0.4, 0.5) is 10.5 Å². The topological polar surface area (TPSA) is 38.3 Å². The zero-order valence-electron chi connectivity index (χ0n) is 11.2. The number of ether oxygens (including phenoxy) is 1. The Balaban J connectivity index is 0.000000770. The summed E-state index contributed by atoms with van der Waals surface area (Å²) < 4.78 is 4.90. The molecule has 0 aliphatic rings.